The van der Waals surface area contributed by atoms with Gasteiger partial charge in [-0.25, -0.2) is 4.39 Å². The second kappa shape index (κ2) is 6.66. The van der Waals surface area contributed by atoms with E-state index >= 15 is 0 Å². The van der Waals surface area contributed by atoms with E-state index in [2.05, 4.69) is 0 Å². The molecule has 1 unspecified atom stereocenters. The van der Waals surface area contributed by atoms with Crippen LogP contribution in [0.2, 0.25) is 0 Å². The van der Waals surface area contributed by atoms with Crippen LogP contribution in [0.3, 0.4) is 0 Å². The number of nitrogens with zero attached hydrogens (tertiary/aromatic N) is 1. The first-order chi connectivity index (χ1) is 9.20. The summed E-state index contributed by atoms with van der Waals surface area (Å²) < 4.78 is 13.1. The van der Waals surface area contributed by atoms with Crippen LogP contribution < -0.4 is 5.73 Å². The predicted molar refractivity (Wildman–Crippen MR) is 73.1 cm³/mol. The minimum absolute atomic E-state index is 0.0868. The Morgan fingerprint density at radius 3 is 3.00 bits per heavy atom. The van der Waals surface area contributed by atoms with E-state index < -0.39 is 0 Å². The van der Waals surface area contributed by atoms with Gasteiger partial charge in [0.15, 0.2) is 0 Å². The summed E-state index contributed by atoms with van der Waals surface area (Å²) in [6.45, 7) is 1.41. The average Bonchev–Trinajstić information content (AvgIpc) is 2.39. The molecule has 1 saturated heterocycles. The van der Waals surface area contributed by atoms with Crippen LogP contribution in [0.5, 0.6) is 0 Å². The van der Waals surface area contributed by atoms with Crippen molar-refractivity contribution in [1.29, 1.82) is 0 Å². The second-order valence-corrected chi connectivity index (χ2v) is 5.12. The van der Waals surface area contributed by atoms with Crippen molar-refractivity contribution < 1.29 is 9.18 Å². The SMILES string of the molecule is NCCC1CCCCN1C(=O)Cc1cccc(F)c1. The molecular formula is C15H21FN2O. The van der Waals surface area contributed by atoms with Crippen LogP contribution in [0.15, 0.2) is 24.3 Å². The van der Waals surface area contributed by atoms with Crippen LogP contribution in [0, 0.1) is 5.82 Å². The summed E-state index contributed by atoms with van der Waals surface area (Å²) in [5, 5.41) is 0. The van der Waals surface area contributed by atoms with E-state index in [4.69, 9.17) is 5.73 Å². The number of rotatable bonds is 4. The molecule has 2 rings (SSSR count). The maximum Gasteiger partial charge on any atom is 0.227 e. The van der Waals surface area contributed by atoms with Gasteiger partial charge in [-0.05, 0) is 49.9 Å². The molecule has 104 valence electrons. The zero-order valence-corrected chi connectivity index (χ0v) is 11.1. The smallest absolute Gasteiger partial charge is 0.227 e. The van der Waals surface area contributed by atoms with E-state index in [9.17, 15) is 9.18 Å². The molecule has 0 saturated carbocycles. The van der Waals surface area contributed by atoms with Crippen LogP contribution in [0.25, 0.3) is 0 Å². The number of benzene rings is 1. The molecule has 1 amide bonds. The third kappa shape index (κ3) is 3.77. The van der Waals surface area contributed by atoms with Gasteiger partial charge < -0.3 is 10.6 Å². The number of hydrogen-bond acceptors (Lipinski definition) is 2. The van der Waals surface area contributed by atoms with Gasteiger partial charge in [0.1, 0.15) is 5.82 Å². The summed E-state index contributed by atoms with van der Waals surface area (Å²) in [5.74, 6) is -0.203. The van der Waals surface area contributed by atoms with E-state index in [1.54, 1.807) is 12.1 Å². The molecular weight excluding hydrogens is 243 g/mol. The van der Waals surface area contributed by atoms with Crippen molar-refractivity contribution in [2.24, 2.45) is 5.73 Å². The highest BCUT2D eigenvalue weighted by Gasteiger charge is 2.25. The monoisotopic (exact) mass is 264 g/mol. The number of piperidine rings is 1. The molecule has 0 radical (unpaired) electrons. The molecule has 1 fully saturated rings. The number of amides is 1. The number of hydrogen-bond donors (Lipinski definition) is 1. The lowest BCUT2D eigenvalue weighted by atomic mass is 9.98. The second-order valence-electron chi connectivity index (χ2n) is 5.12. The van der Waals surface area contributed by atoms with Crippen molar-refractivity contribution in [2.75, 3.05) is 13.1 Å². The summed E-state index contributed by atoms with van der Waals surface area (Å²) in [7, 11) is 0. The van der Waals surface area contributed by atoms with Crippen molar-refractivity contribution in [3.05, 3.63) is 35.6 Å². The fraction of sp³-hybridized carbons (Fsp3) is 0.533. The van der Waals surface area contributed by atoms with E-state index in [0.29, 0.717) is 6.54 Å². The van der Waals surface area contributed by atoms with Gasteiger partial charge in [-0.2, -0.15) is 0 Å². The van der Waals surface area contributed by atoms with Gasteiger partial charge in [0.2, 0.25) is 5.91 Å². The molecule has 1 aromatic rings. The molecule has 0 aromatic heterocycles. The summed E-state index contributed by atoms with van der Waals surface area (Å²) in [6, 6.07) is 6.53. The zero-order chi connectivity index (χ0) is 13.7. The van der Waals surface area contributed by atoms with Gasteiger partial charge in [-0.3, -0.25) is 4.79 Å². The van der Waals surface area contributed by atoms with Gasteiger partial charge >= 0.3 is 0 Å². The van der Waals surface area contributed by atoms with Crippen molar-refractivity contribution in [1.82, 2.24) is 4.90 Å². The molecule has 1 heterocycles. The van der Waals surface area contributed by atoms with Crippen LogP contribution in [0.4, 0.5) is 4.39 Å². The van der Waals surface area contributed by atoms with Gasteiger partial charge in [-0.15, -0.1) is 0 Å². The largest absolute Gasteiger partial charge is 0.339 e. The van der Waals surface area contributed by atoms with Crippen molar-refractivity contribution >= 4 is 5.91 Å². The molecule has 1 aromatic carbocycles. The lowest BCUT2D eigenvalue weighted by molar-refractivity contribution is -0.134. The zero-order valence-electron chi connectivity index (χ0n) is 11.1. The van der Waals surface area contributed by atoms with Gasteiger partial charge in [0.25, 0.3) is 0 Å². The summed E-state index contributed by atoms with van der Waals surface area (Å²) >= 11 is 0. The maximum absolute atomic E-state index is 13.1. The lowest BCUT2D eigenvalue weighted by Gasteiger charge is -2.35. The molecule has 0 aliphatic carbocycles. The molecule has 0 bridgehead atoms. The van der Waals surface area contributed by atoms with Gasteiger partial charge in [-0.1, -0.05) is 12.1 Å². The normalized spacial score (nSPS) is 19.5. The number of carbonyl (C=O) groups is 1. The highest BCUT2D eigenvalue weighted by atomic mass is 19.1. The third-order valence-corrected chi connectivity index (χ3v) is 3.69. The highest BCUT2D eigenvalue weighted by Crippen LogP contribution is 2.20. The maximum atomic E-state index is 13.1. The molecule has 1 aliphatic rings. The number of carbonyl (C=O) groups excluding carboxylic acids is 1. The van der Waals surface area contributed by atoms with Gasteiger partial charge in [0, 0.05) is 12.6 Å². The summed E-state index contributed by atoms with van der Waals surface area (Å²) in [5.41, 5.74) is 6.34. The van der Waals surface area contributed by atoms with Crippen LogP contribution in [0.1, 0.15) is 31.2 Å². The third-order valence-electron chi connectivity index (χ3n) is 3.69. The number of nitrogens with two attached hydrogens (primary N) is 1. The van der Waals surface area contributed by atoms with E-state index in [-0.39, 0.29) is 24.2 Å². The first kappa shape index (κ1) is 14.0. The fourth-order valence-electron chi connectivity index (χ4n) is 2.74. The Labute approximate surface area is 113 Å². The minimum atomic E-state index is -0.289. The molecule has 4 heteroatoms. The quantitative estimate of drug-likeness (QED) is 0.905. The Bertz CT molecular complexity index is 434. The van der Waals surface area contributed by atoms with Crippen molar-refractivity contribution in [3.8, 4) is 0 Å². The van der Waals surface area contributed by atoms with E-state index in [1.807, 2.05) is 4.90 Å². The average molecular weight is 264 g/mol. The molecule has 19 heavy (non-hydrogen) atoms. The van der Waals surface area contributed by atoms with Crippen LogP contribution in [-0.2, 0) is 11.2 Å². The molecule has 0 spiro atoms. The summed E-state index contributed by atoms with van der Waals surface area (Å²) in [4.78, 5) is 14.3. The van der Waals surface area contributed by atoms with E-state index in [1.165, 1.54) is 12.1 Å². The van der Waals surface area contributed by atoms with Crippen molar-refractivity contribution in [2.45, 2.75) is 38.1 Å². The fourth-order valence-corrected chi connectivity index (χ4v) is 2.74. The van der Waals surface area contributed by atoms with Crippen LogP contribution >= 0.6 is 0 Å². The lowest BCUT2D eigenvalue weighted by Crippen LogP contribution is -2.45. The standard InChI is InChI=1S/C15H21FN2O/c16-13-5-3-4-12(10-13)11-15(19)18-9-2-1-6-14(18)7-8-17/h3-5,10,14H,1-2,6-9,11,17H2. The Kier molecular flexibility index (Phi) is 4.91. The Hall–Kier alpha value is -1.42. The Morgan fingerprint density at radius 2 is 2.26 bits per heavy atom. The Balaban J connectivity index is 2.01. The molecule has 2 N–H and O–H groups in total. The first-order valence-corrected chi connectivity index (χ1v) is 6.94. The number of likely N-dealkylation sites (tertiary alicyclic amines) is 1. The molecule has 1 atom stereocenters. The number of halogens is 1. The summed E-state index contributed by atoms with van der Waals surface area (Å²) in [6.07, 6.45) is 4.38. The topological polar surface area (TPSA) is 46.3 Å². The minimum Gasteiger partial charge on any atom is -0.339 e. The highest BCUT2D eigenvalue weighted by molar-refractivity contribution is 5.79. The first-order valence-electron chi connectivity index (χ1n) is 6.94. The van der Waals surface area contributed by atoms with Crippen LogP contribution in [-0.4, -0.2) is 29.9 Å². The van der Waals surface area contributed by atoms with E-state index in [0.717, 1.165) is 37.8 Å². The molecule has 3 nitrogen and oxygen atoms in total. The van der Waals surface area contributed by atoms with Gasteiger partial charge in [0.05, 0.1) is 6.42 Å². The Morgan fingerprint density at radius 1 is 1.42 bits per heavy atom. The van der Waals surface area contributed by atoms with Crippen molar-refractivity contribution in [3.63, 3.8) is 0 Å². The predicted octanol–water partition coefficient (Wildman–Crippen LogP) is 2.10. The molecule has 1 aliphatic heterocycles.